The Bertz CT molecular complexity index is 814. The highest BCUT2D eigenvalue weighted by molar-refractivity contribution is 6.27. The second-order valence-corrected chi connectivity index (χ2v) is 5.76. The molecule has 0 spiro atoms. The van der Waals surface area contributed by atoms with E-state index in [0.717, 1.165) is 4.74 Å². The number of anilines is 1. The van der Waals surface area contributed by atoms with E-state index in [2.05, 4.69) is 5.32 Å². The second kappa shape index (κ2) is 7.71. The summed E-state index contributed by atoms with van der Waals surface area (Å²) in [5.41, 5.74) is 0.488. The van der Waals surface area contributed by atoms with Crippen molar-refractivity contribution in [1.82, 2.24) is 10.1 Å². The van der Waals surface area contributed by atoms with E-state index >= 15 is 0 Å². The fourth-order valence-corrected chi connectivity index (χ4v) is 2.69. The molecule has 1 saturated heterocycles. The molecule has 0 bridgehead atoms. The summed E-state index contributed by atoms with van der Waals surface area (Å²) in [6.45, 7) is 2.32. The van der Waals surface area contributed by atoms with Crippen molar-refractivity contribution in [3.05, 3.63) is 40.6 Å². The van der Waals surface area contributed by atoms with Gasteiger partial charge in [-0.25, -0.2) is 9.18 Å². The standard InChI is InChI=1S/C16H17ClFN3O4/c17-8-15(22)19-10-21-9-12(16(23)25-21)11-1-2-14(13(18)7-11)20-3-5-24-6-4-20/h1-2,7,9H,3-6,8,10H2,(H,19,22). The Morgan fingerprint density at radius 3 is 2.76 bits per heavy atom. The Hall–Kier alpha value is -2.32. The summed E-state index contributed by atoms with van der Waals surface area (Å²) in [6.07, 6.45) is 1.42. The summed E-state index contributed by atoms with van der Waals surface area (Å²) >= 11 is 5.38. The SMILES string of the molecule is O=C(CCl)NCn1cc(-c2ccc(N3CCOCC3)c(F)c2)c(=O)o1. The zero-order valence-corrected chi connectivity index (χ0v) is 14.1. The number of amides is 1. The van der Waals surface area contributed by atoms with Crippen molar-refractivity contribution < 1.29 is 18.4 Å². The first-order valence-electron chi connectivity index (χ1n) is 7.74. The maximum absolute atomic E-state index is 14.5. The molecule has 1 amide bonds. The van der Waals surface area contributed by atoms with Gasteiger partial charge in [-0.05, 0) is 17.7 Å². The number of carbonyl (C=O) groups is 1. The Kier molecular flexibility index (Phi) is 5.40. The highest BCUT2D eigenvalue weighted by Crippen LogP contribution is 2.25. The number of hydrogen-bond acceptors (Lipinski definition) is 5. The van der Waals surface area contributed by atoms with Crippen molar-refractivity contribution >= 4 is 23.2 Å². The van der Waals surface area contributed by atoms with E-state index in [9.17, 15) is 14.0 Å². The highest BCUT2D eigenvalue weighted by atomic mass is 35.5. The first-order valence-corrected chi connectivity index (χ1v) is 8.28. The second-order valence-electron chi connectivity index (χ2n) is 5.50. The minimum atomic E-state index is -0.612. The maximum atomic E-state index is 14.5. The molecule has 7 nitrogen and oxygen atoms in total. The molecule has 0 radical (unpaired) electrons. The summed E-state index contributed by atoms with van der Waals surface area (Å²) in [6, 6.07) is 4.61. The largest absolute Gasteiger partial charge is 0.378 e. The van der Waals surface area contributed by atoms with Gasteiger partial charge in [0.2, 0.25) is 5.91 Å². The smallest absolute Gasteiger partial charge is 0.365 e. The van der Waals surface area contributed by atoms with Crippen LogP contribution in [0.5, 0.6) is 0 Å². The van der Waals surface area contributed by atoms with Gasteiger partial charge in [0.15, 0.2) is 0 Å². The fourth-order valence-electron chi connectivity index (χ4n) is 2.60. The molecule has 134 valence electrons. The van der Waals surface area contributed by atoms with Gasteiger partial charge in [-0.1, -0.05) is 6.07 Å². The average Bonchev–Trinajstić information content (AvgIpc) is 3.01. The van der Waals surface area contributed by atoms with Crippen LogP contribution in [-0.4, -0.2) is 42.8 Å². The van der Waals surface area contributed by atoms with Gasteiger partial charge in [-0.2, -0.15) is 4.74 Å². The molecule has 1 fully saturated rings. The van der Waals surface area contributed by atoms with Crippen molar-refractivity contribution in [3.63, 3.8) is 0 Å². The van der Waals surface area contributed by atoms with E-state index in [4.69, 9.17) is 20.9 Å². The lowest BCUT2D eigenvalue weighted by atomic mass is 10.1. The van der Waals surface area contributed by atoms with Gasteiger partial charge in [-0.15, -0.1) is 11.6 Å². The minimum Gasteiger partial charge on any atom is -0.378 e. The molecule has 0 aliphatic carbocycles. The van der Waals surface area contributed by atoms with Crippen molar-refractivity contribution in [3.8, 4) is 11.1 Å². The van der Waals surface area contributed by atoms with Gasteiger partial charge in [0.05, 0.1) is 30.7 Å². The summed E-state index contributed by atoms with van der Waals surface area (Å²) < 4.78 is 25.9. The number of ether oxygens (including phenoxy) is 1. The lowest BCUT2D eigenvalue weighted by Crippen LogP contribution is -2.36. The van der Waals surface area contributed by atoms with Crippen LogP contribution in [0.25, 0.3) is 11.1 Å². The molecule has 0 atom stereocenters. The Labute approximate surface area is 147 Å². The topological polar surface area (TPSA) is 76.7 Å². The molecule has 9 heteroatoms. The van der Waals surface area contributed by atoms with Crippen LogP contribution in [-0.2, 0) is 16.2 Å². The van der Waals surface area contributed by atoms with Crippen molar-refractivity contribution in [1.29, 1.82) is 0 Å². The Balaban J connectivity index is 1.80. The third-order valence-corrected chi connectivity index (χ3v) is 4.10. The van der Waals surface area contributed by atoms with Gasteiger partial charge in [0, 0.05) is 13.1 Å². The summed E-state index contributed by atoms with van der Waals surface area (Å²) in [5.74, 6) is -0.991. The summed E-state index contributed by atoms with van der Waals surface area (Å²) in [7, 11) is 0. The molecule has 2 aromatic rings. The van der Waals surface area contributed by atoms with Crippen LogP contribution in [0.2, 0.25) is 0 Å². The van der Waals surface area contributed by atoms with Crippen LogP contribution in [0.4, 0.5) is 10.1 Å². The number of rotatable bonds is 5. The molecule has 1 aliphatic heterocycles. The molecule has 0 saturated carbocycles. The number of nitrogens with zero attached hydrogens (tertiary/aromatic N) is 2. The first-order chi connectivity index (χ1) is 12.1. The van der Waals surface area contributed by atoms with Crippen molar-refractivity contribution in [2.75, 3.05) is 37.1 Å². The van der Waals surface area contributed by atoms with E-state index in [1.807, 2.05) is 4.90 Å². The average molecular weight is 370 g/mol. The van der Waals surface area contributed by atoms with Gasteiger partial charge in [0.1, 0.15) is 18.4 Å². The third-order valence-electron chi connectivity index (χ3n) is 3.86. The molecular formula is C16H17ClFN3O4. The van der Waals surface area contributed by atoms with Gasteiger partial charge in [-0.3, -0.25) is 4.79 Å². The van der Waals surface area contributed by atoms with Gasteiger partial charge < -0.3 is 19.5 Å². The maximum Gasteiger partial charge on any atom is 0.365 e. The van der Waals surface area contributed by atoms with Crippen LogP contribution in [0.15, 0.2) is 33.7 Å². The number of nitrogens with one attached hydrogen (secondary N) is 1. The summed E-state index contributed by atoms with van der Waals surface area (Å²) in [5, 5.41) is 2.47. The minimum absolute atomic E-state index is 0.0326. The van der Waals surface area contributed by atoms with Crippen molar-refractivity contribution in [2.45, 2.75) is 6.67 Å². The number of carbonyl (C=O) groups excluding carboxylic acids is 1. The number of morpholine rings is 1. The molecule has 0 unspecified atom stereocenters. The van der Waals surface area contributed by atoms with Crippen LogP contribution < -0.4 is 15.8 Å². The van der Waals surface area contributed by atoms with E-state index in [-0.39, 0.29) is 24.0 Å². The first kappa shape index (κ1) is 17.5. The Morgan fingerprint density at radius 1 is 1.32 bits per heavy atom. The van der Waals surface area contributed by atoms with Crippen molar-refractivity contribution in [2.24, 2.45) is 0 Å². The highest BCUT2D eigenvalue weighted by Gasteiger charge is 2.17. The number of alkyl halides is 1. The fraction of sp³-hybridized carbons (Fsp3) is 0.375. The molecule has 1 aromatic carbocycles. The van der Waals surface area contributed by atoms with Gasteiger partial charge in [0.25, 0.3) is 0 Å². The molecule has 2 heterocycles. The molecular weight excluding hydrogens is 353 g/mol. The lowest BCUT2D eigenvalue weighted by molar-refractivity contribution is -0.119. The third kappa shape index (κ3) is 4.02. The zero-order chi connectivity index (χ0) is 17.8. The lowest BCUT2D eigenvalue weighted by Gasteiger charge is -2.29. The number of benzene rings is 1. The predicted octanol–water partition coefficient (Wildman–Crippen LogP) is 1.40. The predicted molar refractivity (Wildman–Crippen MR) is 90.3 cm³/mol. The van der Waals surface area contributed by atoms with Crippen LogP contribution in [0.1, 0.15) is 0 Å². The zero-order valence-electron chi connectivity index (χ0n) is 13.3. The normalized spacial score (nSPS) is 14.6. The van der Waals surface area contributed by atoms with Crippen LogP contribution in [0, 0.1) is 5.82 Å². The van der Waals surface area contributed by atoms with E-state index < -0.39 is 11.4 Å². The molecule has 1 aliphatic rings. The summed E-state index contributed by atoms with van der Waals surface area (Å²) in [4.78, 5) is 25.0. The monoisotopic (exact) mass is 369 g/mol. The quantitative estimate of drug-likeness (QED) is 0.806. The van der Waals surface area contributed by atoms with Gasteiger partial charge >= 0.3 is 5.63 Å². The number of hydrogen-bond donors (Lipinski definition) is 1. The molecule has 1 aromatic heterocycles. The van der Waals surface area contributed by atoms with E-state index in [0.29, 0.717) is 37.6 Å². The van der Waals surface area contributed by atoms with Crippen LogP contribution >= 0.6 is 11.6 Å². The number of halogens is 2. The molecule has 1 N–H and O–H groups in total. The Morgan fingerprint density at radius 2 is 2.08 bits per heavy atom. The molecule has 3 rings (SSSR count). The molecule has 25 heavy (non-hydrogen) atoms. The van der Waals surface area contributed by atoms with E-state index in [1.54, 1.807) is 12.1 Å². The number of aromatic nitrogens is 1. The van der Waals surface area contributed by atoms with E-state index in [1.165, 1.54) is 12.3 Å². The van der Waals surface area contributed by atoms with Crippen LogP contribution in [0.3, 0.4) is 0 Å².